The largest absolute Gasteiger partial charge is 0.398 e. The highest BCUT2D eigenvalue weighted by Gasteiger charge is 2.26. The van der Waals surface area contributed by atoms with Crippen LogP contribution in [0.5, 0.6) is 0 Å². The number of rotatable bonds is 5. The summed E-state index contributed by atoms with van der Waals surface area (Å²) in [5.41, 5.74) is 8.77. The fraction of sp³-hybridized carbons (Fsp3) is 0.538. The molecule has 0 saturated heterocycles. The van der Waals surface area contributed by atoms with E-state index < -0.39 is 10.0 Å². The van der Waals surface area contributed by atoms with E-state index in [0.717, 1.165) is 16.8 Å². The molecule has 0 atom stereocenters. The molecule has 106 valence electrons. The zero-order valence-corrected chi connectivity index (χ0v) is 11.9. The Morgan fingerprint density at radius 2 is 2.21 bits per heavy atom. The van der Waals surface area contributed by atoms with Crippen molar-refractivity contribution >= 4 is 15.7 Å². The number of hydrogen-bond acceptors (Lipinski definition) is 4. The molecule has 5 nitrogen and oxygen atoms in total. The number of methoxy groups -OCH3 is 1. The lowest BCUT2D eigenvalue weighted by atomic mass is 9.99. The molecule has 0 aliphatic carbocycles. The number of benzene rings is 1. The van der Waals surface area contributed by atoms with Gasteiger partial charge in [0.15, 0.2) is 0 Å². The van der Waals surface area contributed by atoms with E-state index in [1.807, 2.05) is 18.2 Å². The SMILES string of the molecule is COCCCS(=O)(=O)N1CCc2c(N)cccc2C1. The molecule has 0 unspecified atom stereocenters. The van der Waals surface area contributed by atoms with Crippen molar-refractivity contribution in [1.29, 1.82) is 0 Å². The molecule has 0 fully saturated rings. The van der Waals surface area contributed by atoms with Crippen LogP contribution in [0.4, 0.5) is 5.69 Å². The number of sulfonamides is 1. The Kier molecular flexibility index (Phi) is 4.44. The van der Waals surface area contributed by atoms with Crippen molar-refractivity contribution in [3.8, 4) is 0 Å². The number of anilines is 1. The highest BCUT2D eigenvalue weighted by molar-refractivity contribution is 7.89. The second-order valence-electron chi connectivity index (χ2n) is 4.73. The van der Waals surface area contributed by atoms with Gasteiger partial charge in [-0.25, -0.2) is 8.42 Å². The summed E-state index contributed by atoms with van der Waals surface area (Å²) in [5.74, 6) is 0.137. The summed E-state index contributed by atoms with van der Waals surface area (Å²) in [6, 6.07) is 5.68. The van der Waals surface area contributed by atoms with Gasteiger partial charge in [0.2, 0.25) is 10.0 Å². The Labute approximate surface area is 114 Å². The Hall–Kier alpha value is -1.11. The standard InChI is InChI=1S/C13H20N2O3S/c1-18-8-3-9-19(16,17)15-7-6-12-11(10-15)4-2-5-13(12)14/h2,4-5H,3,6-10,14H2,1H3. The van der Waals surface area contributed by atoms with Crippen molar-refractivity contribution in [3.05, 3.63) is 29.3 Å². The summed E-state index contributed by atoms with van der Waals surface area (Å²) in [7, 11) is -1.62. The summed E-state index contributed by atoms with van der Waals surface area (Å²) < 4.78 is 30.8. The molecule has 1 aliphatic heterocycles. The maximum atomic E-state index is 12.2. The first-order valence-corrected chi connectivity index (χ1v) is 7.98. The van der Waals surface area contributed by atoms with Gasteiger partial charge in [-0.1, -0.05) is 12.1 Å². The molecular weight excluding hydrogens is 264 g/mol. The van der Waals surface area contributed by atoms with Crippen LogP contribution in [0.15, 0.2) is 18.2 Å². The maximum Gasteiger partial charge on any atom is 0.214 e. The quantitative estimate of drug-likeness (QED) is 0.646. The molecule has 1 aromatic rings. The topological polar surface area (TPSA) is 72.6 Å². The predicted molar refractivity (Wildman–Crippen MR) is 75.2 cm³/mol. The van der Waals surface area contributed by atoms with Crippen LogP contribution in [0, 0.1) is 0 Å². The van der Waals surface area contributed by atoms with Crippen molar-refractivity contribution in [2.75, 3.05) is 31.7 Å². The lowest BCUT2D eigenvalue weighted by molar-refractivity contribution is 0.199. The van der Waals surface area contributed by atoms with Gasteiger partial charge in [-0.3, -0.25) is 0 Å². The molecule has 6 heteroatoms. The summed E-state index contributed by atoms with van der Waals surface area (Å²) >= 11 is 0. The van der Waals surface area contributed by atoms with Gasteiger partial charge in [-0.2, -0.15) is 4.31 Å². The zero-order chi connectivity index (χ0) is 13.9. The molecule has 1 aliphatic rings. The second kappa shape index (κ2) is 5.90. The van der Waals surface area contributed by atoms with Crippen molar-refractivity contribution in [1.82, 2.24) is 4.31 Å². The minimum Gasteiger partial charge on any atom is -0.398 e. The van der Waals surface area contributed by atoms with Crippen LogP contribution in [-0.2, 0) is 27.7 Å². The van der Waals surface area contributed by atoms with E-state index in [-0.39, 0.29) is 5.75 Å². The van der Waals surface area contributed by atoms with E-state index >= 15 is 0 Å². The molecule has 0 saturated carbocycles. The lowest BCUT2D eigenvalue weighted by Crippen LogP contribution is -2.37. The Morgan fingerprint density at radius 1 is 1.42 bits per heavy atom. The van der Waals surface area contributed by atoms with Crippen LogP contribution in [-0.4, -0.2) is 38.7 Å². The van der Waals surface area contributed by atoms with Crippen molar-refractivity contribution in [3.63, 3.8) is 0 Å². The number of ether oxygens (including phenoxy) is 1. The van der Waals surface area contributed by atoms with Crippen LogP contribution in [0.2, 0.25) is 0 Å². The fourth-order valence-electron chi connectivity index (χ4n) is 2.37. The van der Waals surface area contributed by atoms with Crippen LogP contribution >= 0.6 is 0 Å². The highest BCUT2D eigenvalue weighted by atomic mass is 32.2. The highest BCUT2D eigenvalue weighted by Crippen LogP contribution is 2.25. The van der Waals surface area contributed by atoms with Gasteiger partial charge in [0.25, 0.3) is 0 Å². The predicted octanol–water partition coefficient (Wildman–Crippen LogP) is 0.993. The first-order chi connectivity index (χ1) is 9.04. The maximum absolute atomic E-state index is 12.2. The van der Waals surface area contributed by atoms with E-state index in [1.165, 1.54) is 0 Å². The van der Waals surface area contributed by atoms with Gasteiger partial charge < -0.3 is 10.5 Å². The third kappa shape index (κ3) is 3.26. The Bertz CT molecular complexity index is 543. The molecule has 1 heterocycles. The lowest BCUT2D eigenvalue weighted by Gasteiger charge is -2.28. The van der Waals surface area contributed by atoms with Crippen LogP contribution in [0.3, 0.4) is 0 Å². The van der Waals surface area contributed by atoms with Gasteiger partial charge in [0.1, 0.15) is 0 Å². The van der Waals surface area contributed by atoms with Gasteiger partial charge >= 0.3 is 0 Å². The minimum absolute atomic E-state index is 0.137. The normalized spacial score (nSPS) is 16.3. The van der Waals surface area contributed by atoms with Gasteiger partial charge in [0.05, 0.1) is 5.75 Å². The average Bonchev–Trinajstić information content (AvgIpc) is 2.39. The monoisotopic (exact) mass is 284 g/mol. The van der Waals surface area contributed by atoms with Crippen molar-refractivity contribution in [2.24, 2.45) is 0 Å². The Balaban J connectivity index is 2.09. The van der Waals surface area contributed by atoms with E-state index in [2.05, 4.69) is 0 Å². The van der Waals surface area contributed by atoms with Crippen molar-refractivity contribution in [2.45, 2.75) is 19.4 Å². The average molecular weight is 284 g/mol. The number of nitrogens with two attached hydrogens (primary N) is 1. The summed E-state index contributed by atoms with van der Waals surface area (Å²) in [4.78, 5) is 0. The Morgan fingerprint density at radius 3 is 2.95 bits per heavy atom. The van der Waals surface area contributed by atoms with E-state index in [9.17, 15) is 8.42 Å². The third-order valence-corrected chi connectivity index (χ3v) is 5.31. The number of nitrogens with zero attached hydrogens (tertiary/aromatic N) is 1. The van der Waals surface area contributed by atoms with E-state index in [4.69, 9.17) is 10.5 Å². The zero-order valence-electron chi connectivity index (χ0n) is 11.1. The van der Waals surface area contributed by atoms with Gasteiger partial charge in [-0.05, 0) is 30.0 Å². The molecule has 0 amide bonds. The first-order valence-electron chi connectivity index (χ1n) is 6.37. The molecule has 0 aromatic heterocycles. The van der Waals surface area contributed by atoms with Crippen LogP contribution in [0.25, 0.3) is 0 Å². The van der Waals surface area contributed by atoms with Crippen LogP contribution < -0.4 is 5.73 Å². The number of hydrogen-bond donors (Lipinski definition) is 1. The fourth-order valence-corrected chi connectivity index (χ4v) is 3.81. The van der Waals surface area contributed by atoms with E-state index in [0.29, 0.717) is 32.5 Å². The molecule has 19 heavy (non-hydrogen) atoms. The number of fused-ring (bicyclic) bond motifs is 1. The molecule has 0 spiro atoms. The van der Waals surface area contributed by atoms with Gasteiger partial charge in [-0.15, -0.1) is 0 Å². The third-order valence-electron chi connectivity index (χ3n) is 3.41. The molecule has 0 bridgehead atoms. The number of nitrogen functional groups attached to an aromatic ring is 1. The first kappa shape index (κ1) is 14.3. The van der Waals surface area contributed by atoms with Crippen molar-refractivity contribution < 1.29 is 13.2 Å². The van der Waals surface area contributed by atoms with Gasteiger partial charge in [0, 0.05) is 32.5 Å². The summed E-state index contributed by atoms with van der Waals surface area (Å²) in [6.07, 6.45) is 1.21. The minimum atomic E-state index is -3.20. The molecule has 1 aromatic carbocycles. The molecule has 0 radical (unpaired) electrons. The smallest absolute Gasteiger partial charge is 0.214 e. The van der Waals surface area contributed by atoms with Crippen LogP contribution in [0.1, 0.15) is 17.5 Å². The van der Waals surface area contributed by atoms with E-state index in [1.54, 1.807) is 11.4 Å². The second-order valence-corrected chi connectivity index (χ2v) is 6.82. The molecular formula is C13H20N2O3S. The molecule has 2 rings (SSSR count). The summed E-state index contributed by atoms with van der Waals surface area (Å²) in [5, 5.41) is 0. The summed E-state index contributed by atoms with van der Waals surface area (Å²) in [6.45, 7) is 1.41. The molecule has 2 N–H and O–H groups in total.